The molecule has 0 bridgehead atoms. The topological polar surface area (TPSA) is 52.7 Å². The molecule has 0 aromatic carbocycles. The summed E-state index contributed by atoms with van der Waals surface area (Å²) in [6.07, 6.45) is 3.60. The van der Waals surface area contributed by atoms with Gasteiger partial charge in [-0.15, -0.1) is 23.7 Å². The molecule has 2 amide bonds. The number of carbonyl (C=O) groups excluding carboxylic acids is 2. The van der Waals surface area contributed by atoms with Crippen molar-refractivity contribution in [3.05, 3.63) is 21.9 Å². The first-order valence-corrected chi connectivity index (χ1v) is 9.90. The molecule has 1 unspecified atom stereocenters. The first-order chi connectivity index (χ1) is 11.7. The molecule has 140 valence electrons. The summed E-state index contributed by atoms with van der Waals surface area (Å²) >= 11 is 1.78. The van der Waals surface area contributed by atoms with Crippen LogP contribution in [-0.2, 0) is 22.6 Å². The second-order valence-electron chi connectivity index (χ2n) is 6.67. The normalized spacial score (nSPS) is 19.2. The number of carbonyl (C=O) groups is 2. The van der Waals surface area contributed by atoms with Crippen molar-refractivity contribution in [1.82, 2.24) is 15.1 Å². The van der Waals surface area contributed by atoms with Crippen molar-refractivity contribution in [2.45, 2.75) is 51.6 Å². The molecule has 1 aromatic heterocycles. The van der Waals surface area contributed by atoms with Crippen LogP contribution in [0.4, 0.5) is 0 Å². The standard InChI is InChI=1S/C18H27N3O2S.ClH/c1-2-9-21(15-5-8-19-12-15)18(23)4-3-17(22)20-10-6-16-14(13-20)7-11-24-16;/h7,11,15,19H,2-6,8-10,12-13H2,1H3;1H. The molecule has 1 atom stereocenters. The third-order valence-corrected chi connectivity index (χ3v) is 6.00. The van der Waals surface area contributed by atoms with E-state index in [2.05, 4.69) is 23.7 Å². The second-order valence-corrected chi connectivity index (χ2v) is 7.67. The van der Waals surface area contributed by atoms with Gasteiger partial charge in [0.15, 0.2) is 0 Å². The molecule has 1 N–H and O–H groups in total. The van der Waals surface area contributed by atoms with Gasteiger partial charge in [-0.2, -0.15) is 0 Å². The number of thiophene rings is 1. The minimum atomic E-state index is 0. The van der Waals surface area contributed by atoms with Crippen LogP contribution in [0.1, 0.15) is 43.0 Å². The zero-order valence-electron chi connectivity index (χ0n) is 14.8. The van der Waals surface area contributed by atoms with Crippen molar-refractivity contribution in [1.29, 1.82) is 0 Å². The zero-order valence-corrected chi connectivity index (χ0v) is 16.5. The predicted molar refractivity (Wildman–Crippen MR) is 103 cm³/mol. The summed E-state index contributed by atoms with van der Waals surface area (Å²) in [6.45, 7) is 6.24. The van der Waals surface area contributed by atoms with E-state index in [0.29, 0.717) is 25.4 Å². The molecule has 3 rings (SSSR count). The lowest BCUT2D eigenvalue weighted by molar-refractivity contribution is -0.138. The van der Waals surface area contributed by atoms with Gasteiger partial charge in [0.2, 0.25) is 11.8 Å². The van der Waals surface area contributed by atoms with Crippen LogP contribution >= 0.6 is 23.7 Å². The number of halogens is 1. The average molecular weight is 386 g/mol. The van der Waals surface area contributed by atoms with Crippen molar-refractivity contribution in [3.63, 3.8) is 0 Å². The Morgan fingerprint density at radius 3 is 2.96 bits per heavy atom. The van der Waals surface area contributed by atoms with Gasteiger partial charge in [0.25, 0.3) is 0 Å². The molecule has 7 heteroatoms. The summed E-state index contributed by atoms with van der Waals surface area (Å²) in [5.74, 6) is 0.244. The van der Waals surface area contributed by atoms with Crippen LogP contribution in [0.15, 0.2) is 11.4 Å². The van der Waals surface area contributed by atoms with Crippen LogP contribution in [-0.4, -0.2) is 53.8 Å². The summed E-state index contributed by atoms with van der Waals surface area (Å²) < 4.78 is 0. The maximum Gasteiger partial charge on any atom is 0.223 e. The Hall–Kier alpha value is -1.11. The van der Waals surface area contributed by atoms with E-state index in [1.807, 2.05) is 9.80 Å². The lowest BCUT2D eigenvalue weighted by Crippen LogP contribution is -2.42. The first kappa shape index (κ1) is 20.2. The third kappa shape index (κ3) is 4.96. The molecule has 2 aliphatic rings. The van der Waals surface area contributed by atoms with Crippen LogP contribution in [0.5, 0.6) is 0 Å². The number of hydrogen-bond acceptors (Lipinski definition) is 4. The summed E-state index contributed by atoms with van der Waals surface area (Å²) in [7, 11) is 0. The molecule has 25 heavy (non-hydrogen) atoms. The highest BCUT2D eigenvalue weighted by Gasteiger charge is 2.27. The van der Waals surface area contributed by atoms with E-state index in [0.717, 1.165) is 45.4 Å². The van der Waals surface area contributed by atoms with E-state index < -0.39 is 0 Å². The van der Waals surface area contributed by atoms with E-state index in [1.165, 1.54) is 10.4 Å². The van der Waals surface area contributed by atoms with Crippen molar-refractivity contribution in [2.75, 3.05) is 26.2 Å². The van der Waals surface area contributed by atoms with Gasteiger partial charge >= 0.3 is 0 Å². The number of rotatable bonds is 6. The predicted octanol–water partition coefficient (Wildman–Crippen LogP) is 2.44. The van der Waals surface area contributed by atoms with Crippen molar-refractivity contribution in [2.24, 2.45) is 0 Å². The van der Waals surface area contributed by atoms with Crippen LogP contribution in [0.25, 0.3) is 0 Å². The summed E-state index contributed by atoms with van der Waals surface area (Å²) in [5.41, 5.74) is 1.27. The van der Waals surface area contributed by atoms with E-state index in [9.17, 15) is 9.59 Å². The molecule has 0 saturated carbocycles. The van der Waals surface area contributed by atoms with Crippen molar-refractivity contribution < 1.29 is 9.59 Å². The fraction of sp³-hybridized carbons (Fsp3) is 0.667. The number of nitrogens with one attached hydrogen (secondary N) is 1. The fourth-order valence-corrected chi connectivity index (χ4v) is 4.52. The summed E-state index contributed by atoms with van der Waals surface area (Å²) in [6, 6.07) is 2.41. The SMILES string of the molecule is CCCN(C(=O)CCC(=O)N1CCc2sccc2C1)C1CCNC1.Cl. The summed E-state index contributed by atoms with van der Waals surface area (Å²) in [4.78, 5) is 30.4. The van der Waals surface area contributed by atoms with Gasteiger partial charge in [0, 0.05) is 49.9 Å². The van der Waals surface area contributed by atoms with Crippen molar-refractivity contribution >= 4 is 35.6 Å². The number of amides is 2. The highest BCUT2D eigenvalue weighted by Crippen LogP contribution is 2.24. The molecule has 0 spiro atoms. The van der Waals surface area contributed by atoms with E-state index in [4.69, 9.17) is 0 Å². The van der Waals surface area contributed by atoms with Crippen molar-refractivity contribution in [3.8, 4) is 0 Å². The molecular formula is C18H28ClN3O2S. The van der Waals surface area contributed by atoms with Crippen LogP contribution in [0, 0.1) is 0 Å². The highest BCUT2D eigenvalue weighted by atomic mass is 35.5. The molecular weight excluding hydrogens is 358 g/mol. The maximum atomic E-state index is 12.6. The summed E-state index contributed by atoms with van der Waals surface area (Å²) in [5, 5.41) is 5.42. The number of fused-ring (bicyclic) bond motifs is 1. The Balaban J connectivity index is 0.00000225. The van der Waals surface area contributed by atoms with Crippen LogP contribution in [0.3, 0.4) is 0 Å². The molecule has 1 saturated heterocycles. The monoisotopic (exact) mass is 385 g/mol. The minimum Gasteiger partial charge on any atom is -0.338 e. The smallest absolute Gasteiger partial charge is 0.223 e. The van der Waals surface area contributed by atoms with E-state index in [-0.39, 0.29) is 24.2 Å². The lowest BCUT2D eigenvalue weighted by Gasteiger charge is -2.29. The van der Waals surface area contributed by atoms with Crippen LogP contribution < -0.4 is 5.32 Å². The van der Waals surface area contributed by atoms with Gasteiger partial charge in [-0.05, 0) is 42.8 Å². The molecule has 1 aromatic rings. The molecule has 2 aliphatic heterocycles. The molecule has 3 heterocycles. The molecule has 0 radical (unpaired) electrons. The molecule has 5 nitrogen and oxygen atoms in total. The van der Waals surface area contributed by atoms with E-state index in [1.54, 1.807) is 11.3 Å². The molecule has 0 aliphatic carbocycles. The number of hydrogen-bond donors (Lipinski definition) is 1. The minimum absolute atomic E-state index is 0. The first-order valence-electron chi connectivity index (χ1n) is 9.02. The van der Waals surface area contributed by atoms with Gasteiger partial charge in [-0.3, -0.25) is 9.59 Å². The zero-order chi connectivity index (χ0) is 16.9. The van der Waals surface area contributed by atoms with Gasteiger partial charge in [-0.25, -0.2) is 0 Å². The Labute approximate surface area is 160 Å². The Kier molecular flexibility index (Phi) is 7.72. The maximum absolute atomic E-state index is 12.6. The van der Waals surface area contributed by atoms with Gasteiger partial charge in [0.1, 0.15) is 0 Å². The van der Waals surface area contributed by atoms with Gasteiger partial charge in [0.05, 0.1) is 0 Å². The Morgan fingerprint density at radius 2 is 2.24 bits per heavy atom. The number of nitrogens with zero attached hydrogens (tertiary/aromatic N) is 2. The van der Waals surface area contributed by atoms with Crippen LogP contribution in [0.2, 0.25) is 0 Å². The van der Waals surface area contributed by atoms with E-state index >= 15 is 0 Å². The van der Waals surface area contributed by atoms with Gasteiger partial charge in [-0.1, -0.05) is 6.92 Å². The Morgan fingerprint density at radius 1 is 1.40 bits per heavy atom. The highest BCUT2D eigenvalue weighted by molar-refractivity contribution is 7.10. The quantitative estimate of drug-likeness (QED) is 0.818. The third-order valence-electron chi connectivity index (χ3n) is 4.97. The lowest BCUT2D eigenvalue weighted by atomic mass is 10.1. The second kappa shape index (κ2) is 9.55. The fourth-order valence-electron chi connectivity index (χ4n) is 3.63. The average Bonchev–Trinajstić information content (AvgIpc) is 3.27. The molecule has 1 fully saturated rings. The largest absolute Gasteiger partial charge is 0.338 e. The Bertz CT molecular complexity index is 587. The van der Waals surface area contributed by atoms with Gasteiger partial charge < -0.3 is 15.1 Å².